The minimum absolute atomic E-state index is 0.0792. The highest BCUT2D eigenvalue weighted by Crippen LogP contribution is 2.25. The molecule has 0 heterocycles. The maximum atomic E-state index is 12.6. The molecule has 6 nitrogen and oxygen atoms in total. The molecule has 0 fully saturated rings. The molecular weight excluding hydrogens is 400 g/mol. The number of nitro groups is 1. The van der Waals surface area contributed by atoms with E-state index in [9.17, 15) is 14.9 Å². The largest absolute Gasteiger partial charge is 0.493 e. The van der Waals surface area contributed by atoms with E-state index in [-0.39, 0.29) is 11.6 Å². The van der Waals surface area contributed by atoms with Gasteiger partial charge in [0.1, 0.15) is 5.75 Å². The first-order valence-corrected chi connectivity index (χ1v) is 9.28. The van der Waals surface area contributed by atoms with Gasteiger partial charge < -0.3 is 10.1 Å². The van der Waals surface area contributed by atoms with Crippen molar-refractivity contribution in [2.24, 2.45) is 0 Å². The lowest BCUT2D eigenvalue weighted by Crippen LogP contribution is -2.14. The van der Waals surface area contributed by atoms with Gasteiger partial charge in [-0.3, -0.25) is 14.9 Å². The van der Waals surface area contributed by atoms with Gasteiger partial charge in [0.2, 0.25) is 0 Å². The molecule has 138 valence electrons. The normalized spacial score (nSPS) is 10.4. The van der Waals surface area contributed by atoms with E-state index in [2.05, 4.69) is 28.2 Å². The molecule has 0 aliphatic heterocycles. The summed E-state index contributed by atoms with van der Waals surface area (Å²) in [5.74, 6) is 0.114. The maximum absolute atomic E-state index is 12.6. The first-order valence-electron chi connectivity index (χ1n) is 8.49. The number of nitro benzene ring substituents is 1. The molecule has 0 aliphatic carbocycles. The zero-order valence-corrected chi connectivity index (χ0v) is 16.1. The lowest BCUT2D eigenvalue weighted by molar-refractivity contribution is -0.384. The van der Waals surface area contributed by atoms with Gasteiger partial charge in [-0.2, -0.15) is 0 Å². The van der Waals surface area contributed by atoms with Crippen LogP contribution in [0.15, 0.2) is 46.9 Å². The molecule has 0 atom stereocenters. The maximum Gasteiger partial charge on any atom is 0.271 e. The number of ether oxygens (including phenoxy) is 1. The number of anilines is 1. The van der Waals surface area contributed by atoms with E-state index >= 15 is 0 Å². The van der Waals surface area contributed by atoms with E-state index in [4.69, 9.17) is 4.74 Å². The number of halogens is 1. The molecule has 2 aromatic rings. The van der Waals surface area contributed by atoms with Crippen molar-refractivity contribution in [1.29, 1.82) is 0 Å². The average molecular weight is 421 g/mol. The van der Waals surface area contributed by atoms with Crippen molar-refractivity contribution in [2.75, 3.05) is 11.9 Å². The summed E-state index contributed by atoms with van der Waals surface area (Å²) in [5, 5.41) is 13.6. The second kappa shape index (κ2) is 9.91. The number of carbonyl (C=O) groups is 1. The van der Waals surface area contributed by atoms with Crippen LogP contribution in [-0.4, -0.2) is 17.4 Å². The second-order valence-corrected chi connectivity index (χ2v) is 6.73. The summed E-state index contributed by atoms with van der Waals surface area (Å²) in [6, 6.07) is 11.1. The molecule has 2 rings (SSSR count). The molecule has 1 amide bonds. The topological polar surface area (TPSA) is 81.5 Å². The van der Waals surface area contributed by atoms with Crippen molar-refractivity contribution in [3.63, 3.8) is 0 Å². The van der Waals surface area contributed by atoms with Crippen LogP contribution in [0.4, 0.5) is 11.4 Å². The summed E-state index contributed by atoms with van der Waals surface area (Å²) in [6.45, 7) is 2.69. The lowest BCUT2D eigenvalue weighted by atomic mass is 10.1. The number of non-ortho nitro benzene ring substituents is 1. The number of nitrogens with one attached hydrogen (secondary N) is 1. The van der Waals surface area contributed by atoms with Gasteiger partial charge in [0.05, 0.1) is 17.1 Å². The Morgan fingerprint density at radius 2 is 2.00 bits per heavy atom. The van der Waals surface area contributed by atoms with Crippen molar-refractivity contribution < 1.29 is 14.5 Å². The Morgan fingerprint density at radius 1 is 1.19 bits per heavy atom. The van der Waals surface area contributed by atoms with E-state index in [1.807, 2.05) is 6.07 Å². The molecule has 0 bridgehead atoms. The fourth-order valence-corrected chi connectivity index (χ4v) is 2.77. The summed E-state index contributed by atoms with van der Waals surface area (Å²) < 4.78 is 6.52. The second-order valence-electron chi connectivity index (χ2n) is 5.81. The summed E-state index contributed by atoms with van der Waals surface area (Å²) in [6.07, 6.45) is 4.32. The van der Waals surface area contributed by atoms with Crippen LogP contribution in [0.2, 0.25) is 0 Å². The molecule has 0 spiro atoms. The monoisotopic (exact) mass is 420 g/mol. The fraction of sp³-hybridized carbons (Fsp3) is 0.316. The number of carbonyl (C=O) groups excluding carboxylic acids is 1. The lowest BCUT2D eigenvalue weighted by Gasteiger charge is -2.12. The SMILES string of the molecule is CCCCCCOc1ccc(Br)cc1C(=O)Nc1cccc([N+](=O)[O-])c1. The minimum Gasteiger partial charge on any atom is -0.493 e. The number of rotatable bonds is 9. The van der Waals surface area contributed by atoms with Gasteiger partial charge in [0.25, 0.3) is 11.6 Å². The quantitative estimate of drug-likeness (QED) is 0.326. The van der Waals surface area contributed by atoms with Crippen molar-refractivity contribution in [1.82, 2.24) is 0 Å². The number of hydrogen-bond acceptors (Lipinski definition) is 4. The molecule has 0 aliphatic rings. The highest BCUT2D eigenvalue weighted by molar-refractivity contribution is 9.10. The van der Waals surface area contributed by atoms with Gasteiger partial charge in [0, 0.05) is 22.3 Å². The highest BCUT2D eigenvalue weighted by atomic mass is 79.9. The van der Waals surface area contributed by atoms with Crippen molar-refractivity contribution in [3.8, 4) is 5.75 Å². The van der Waals surface area contributed by atoms with E-state index < -0.39 is 4.92 Å². The highest BCUT2D eigenvalue weighted by Gasteiger charge is 2.15. The Kier molecular flexibility index (Phi) is 7.59. The van der Waals surface area contributed by atoms with Gasteiger partial charge in [-0.1, -0.05) is 48.2 Å². The van der Waals surface area contributed by atoms with Gasteiger partial charge in [-0.15, -0.1) is 0 Å². The Hall–Kier alpha value is -2.41. The van der Waals surface area contributed by atoms with Crippen LogP contribution in [0, 0.1) is 10.1 Å². The molecule has 0 unspecified atom stereocenters. The zero-order chi connectivity index (χ0) is 18.9. The summed E-state index contributed by atoms with van der Waals surface area (Å²) in [4.78, 5) is 23.0. The number of unbranched alkanes of at least 4 members (excludes halogenated alkanes) is 3. The van der Waals surface area contributed by atoms with E-state index in [1.165, 1.54) is 18.2 Å². The van der Waals surface area contributed by atoms with Gasteiger partial charge in [-0.25, -0.2) is 0 Å². The molecule has 2 aromatic carbocycles. The third-order valence-corrected chi connectivity index (χ3v) is 4.25. The summed E-state index contributed by atoms with van der Waals surface area (Å²) in [5.41, 5.74) is 0.656. The minimum atomic E-state index is -0.500. The predicted octanol–water partition coefficient (Wildman–Crippen LogP) is 5.57. The Balaban J connectivity index is 2.10. The summed E-state index contributed by atoms with van der Waals surface area (Å²) in [7, 11) is 0. The molecule has 0 radical (unpaired) electrons. The van der Waals surface area contributed by atoms with Crippen LogP contribution in [0.3, 0.4) is 0 Å². The smallest absolute Gasteiger partial charge is 0.271 e. The number of benzene rings is 2. The van der Waals surface area contributed by atoms with Crippen LogP contribution in [0.5, 0.6) is 5.75 Å². The van der Waals surface area contributed by atoms with E-state index in [0.29, 0.717) is 23.6 Å². The molecule has 7 heteroatoms. The molecule has 0 saturated carbocycles. The first-order chi connectivity index (χ1) is 12.5. The van der Waals surface area contributed by atoms with Crippen molar-refractivity contribution in [2.45, 2.75) is 32.6 Å². The summed E-state index contributed by atoms with van der Waals surface area (Å²) >= 11 is 3.36. The average Bonchev–Trinajstić information content (AvgIpc) is 2.62. The third-order valence-electron chi connectivity index (χ3n) is 3.76. The van der Waals surface area contributed by atoms with Gasteiger partial charge >= 0.3 is 0 Å². The molecule has 26 heavy (non-hydrogen) atoms. The predicted molar refractivity (Wildman–Crippen MR) is 105 cm³/mol. The van der Waals surface area contributed by atoms with Crippen LogP contribution in [0.25, 0.3) is 0 Å². The number of nitrogens with zero attached hydrogens (tertiary/aromatic N) is 1. The molecular formula is C19H21BrN2O4. The number of hydrogen-bond donors (Lipinski definition) is 1. The first kappa shape index (κ1) is 19.9. The van der Waals surface area contributed by atoms with Crippen LogP contribution in [0.1, 0.15) is 43.0 Å². The van der Waals surface area contributed by atoms with Crippen LogP contribution >= 0.6 is 15.9 Å². The molecule has 1 N–H and O–H groups in total. The van der Waals surface area contributed by atoms with Gasteiger partial charge in [-0.05, 0) is 30.7 Å². The van der Waals surface area contributed by atoms with E-state index in [0.717, 1.165) is 30.2 Å². The number of amides is 1. The molecule has 0 aromatic heterocycles. The van der Waals surface area contributed by atoms with Crippen molar-refractivity contribution >= 4 is 33.2 Å². The van der Waals surface area contributed by atoms with Crippen molar-refractivity contribution in [3.05, 3.63) is 62.6 Å². The Labute approximate surface area is 160 Å². The van der Waals surface area contributed by atoms with Crippen LogP contribution in [-0.2, 0) is 0 Å². The standard InChI is InChI=1S/C19H21BrN2O4/c1-2-3-4-5-11-26-18-10-9-14(20)12-17(18)19(23)21-15-7-6-8-16(13-15)22(24)25/h6-10,12-13H,2-5,11H2,1H3,(H,21,23). The fourth-order valence-electron chi connectivity index (χ4n) is 2.41. The van der Waals surface area contributed by atoms with Gasteiger partial charge in [0.15, 0.2) is 0 Å². The Bertz CT molecular complexity index is 780. The Morgan fingerprint density at radius 3 is 2.73 bits per heavy atom. The third kappa shape index (κ3) is 5.84. The molecule has 0 saturated heterocycles. The van der Waals surface area contributed by atoms with Crippen LogP contribution < -0.4 is 10.1 Å². The zero-order valence-electron chi connectivity index (χ0n) is 14.5. The van der Waals surface area contributed by atoms with E-state index in [1.54, 1.807) is 18.2 Å².